The Hall–Kier alpha value is -1.58. The first-order valence-electron chi connectivity index (χ1n) is 4.05. The van der Waals surface area contributed by atoms with Gasteiger partial charge in [0.15, 0.2) is 5.52 Å². The second-order valence-corrected chi connectivity index (χ2v) is 3.01. The van der Waals surface area contributed by atoms with E-state index in [4.69, 9.17) is 4.74 Å². The van der Waals surface area contributed by atoms with E-state index in [9.17, 15) is 0 Å². The summed E-state index contributed by atoms with van der Waals surface area (Å²) < 4.78 is 6.89. The second-order valence-electron chi connectivity index (χ2n) is 3.01. The highest BCUT2D eigenvalue weighted by atomic mass is 16.5. The van der Waals surface area contributed by atoms with Gasteiger partial charge in [-0.25, -0.2) is 4.98 Å². The van der Waals surface area contributed by atoms with Gasteiger partial charge in [0.2, 0.25) is 5.88 Å². The van der Waals surface area contributed by atoms with Crippen molar-refractivity contribution in [2.24, 2.45) is 7.05 Å². The fourth-order valence-electron chi connectivity index (χ4n) is 1.39. The van der Waals surface area contributed by atoms with E-state index in [2.05, 4.69) is 10.1 Å². The molecule has 0 spiro atoms. The average molecular weight is 177 g/mol. The molecule has 0 amide bonds. The van der Waals surface area contributed by atoms with Crippen molar-refractivity contribution in [3.8, 4) is 5.88 Å². The van der Waals surface area contributed by atoms with Gasteiger partial charge < -0.3 is 4.74 Å². The molecule has 0 aliphatic carbocycles. The Balaban J connectivity index is 2.80. The van der Waals surface area contributed by atoms with E-state index in [1.54, 1.807) is 11.8 Å². The summed E-state index contributed by atoms with van der Waals surface area (Å²) >= 11 is 0. The molecule has 0 bridgehead atoms. The molecular weight excluding hydrogens is 166 g/mol. The number of methoxy groups -OCH3 is 1. The van der Waals surface area contributed by atoms with Crippen molar-refractivity contribution in [1.82, 2.24) is 14.8 Å². The highest BCUT2D eigenvalue weighted by Gasteiger charge is 2.07. The van der Waals surface area contributed by atoms with Crippen LogP contribution in [-0.2, 0) is 7.05 Å². The zero-order chi connectivity index (χ0) is 9.42. The fourth-order valence-corrected chi connectivity index (χ4v) is 1.39. The summed E-state index contributed by atoms with van der Waals surface area (Å²) in [5.74, 6) is 0.593. The molecule has 0 saturated heterocycles. The van der Waals surface area contributed by atoms with Gasteiger partial charge in [0, 0.05) is 24.3 Å². The molecule has 0 N–H and O–H groups in total. The molecule has 2 heterocycles. The van der Waals surface area contributed by atoms with Gasteiger partial charge in [-0.1, -0.05) is 0 Å². The summed E-state index contributed by atoms with van der Waals surface area (Å²) in [7, 11) is 3.49. The fraction of sp³-hybridized carbons (Fsp3) is 0.333. The Morgan fingerprint density at radius 1 is 1.46 bits per heavy atom. The normalized spacial score (nSPS) is 10.7. The summed E-state index contributed by atoms with van der Waals surface area (Å²) in [6, 6.07) is 1.99. The molecule has 4 nitrogen and oxygen atoms in total. The van der Waals surface area contributed by atoms with E-state index < -0.39 is 0 Å². The molecule has 0 aliphatic rings. The Morgan fingerprint density at radius 3 is 2.92 bits per heavy atom. The minimum Gasteiger partial charge on any atom is -0.479 e. The van der Waals surface area contributed by atoms with Crippen molar-refractivity contribution < 1.29 is 4.74 Å². The molecule has 0 atom stereocenters. The number of hydrogen-bond donors (Lipinski definition) is 0. The van der Waals surface area contributed by atoms with Crippen LogP contribution >= 0.6 is 0 Å². The molecule has 0 fully saturated rings. The van der Waals surface area contributed by atoms with Gasteiger partial charge in [-0.2, -0.15) is 5.10 Å². The first kappa shape index (κ1) is 8.04. The predicted molar refractivity (Wildman–Crippen MR) is 49.8 cm³/mol. The molecule has 2 aromatic heterocycles. The zero-order valence-corrected chi connectivity index (χ0v) is 7.90. The highest BCUT2D eigenvalue weighted by molar-refractivity contribution is 5.82. The van der Waals surface area contributed by atoms with Gasteiger partial charge in [0.05, 0.1) is 7.11 Å². The number of hydrogen-bond acceptors (Lipinski definition) is 3. The van der Waals surface area contributed by atoms with Crippen LogP contribution < -0.4 is 4.74 Å². The Labute approximate surface area is 76.1 Å². The lowest BCUT2D eigenvalue weighted by atomic mass is 10.3. The van der Waals surface area contributed by atoms with Gasteiger partial charge in [-0.05, 0) is 13.0 Å². The Morgan fingerprint density at radius 2 is 2.23 bits per heavy atom. The molecule has 0 saturated carbocycles. The maximum absolute atomic E-state index is 5.13. The third-order valence-electron chi connectivity index (χ3n) is 1.90. The number of aromatic nitrogens is 3. The Bertz CT molecular complexity index is 447. The smallest absolute Gasteiger partial charge is 0.242 e. The summed E-state index contributed by atoms with van der Waals surface area (Å²) in [6.45, 7) is 1.94. The summed E-state index contributed by atoms with van der Waals surface area (Å²) in [5, 5.41) is 5.32. The van der Waals surface area contributed by atoms with E-state index in [-0.39, 0.29) is 0 Å². The van der Waals surface area contributed by atoms with Crippen molar-refractivity contribution in [2.75, 3.05) is 7.11 Å². The molecular formula is C9H11N3O. The van der Waals surface area contributed by atoms with Crippen LogP contribution in [0.4, 0.5) is 0 Å². The first-order valence-corrected chi connectivity index (χ1v) is 4.05. The topological polar surface area (TPSA) is 39.9 Å². The van der Waals surface area contributed by atoms with E-state index in [0.29, 0.717) is 5.88 Å². The van der Waals surface area contributed by atoms with Gasteiger partial charge in [-0.15, -0.1) is 0 Å². The van der Waals surface area contributed by atoms with Crippen LogP contribution in [-0.4, -0.2) is 21.9 Å². The molecule has 0 unspecified atom stereocenters. The lowest BCUT2D eigenvalue weighted by molar-refractivity contribution is 0.401. The number of ether oxygens (including phenoxy) is 1. The van der Waals surface area contributed by atoms with E-state index >= 15 is 0 Å². The minimum atomic E-state index is 0.593. The van der Waals surface area contributed by atoms with Crippen LogP contribution in [0, 0.1) is 6.92 Å². The van der Waals surface area contributed by atoms with Gasteiger partial charge in [0.25, 0.3) is 0 Å². The molecule has 13 heavy (non-hydrogen) atoms. The molecule has 2 rings (SSSR count). The predicted octanol–water partition coefficient (Wildman–Crippen LogP) is 1.29. The lowest BCUT2D eigenvalue weighted by Crippen LogP contribution is -1.92. The van der Waals surface area contributed by atoms with Crippen LogP contribution in [0.1, 0.15) is 5.69 Å². The maximum Gasteiger partial charge on any atom is 0.242 e. The number of rotatable bonds is 1. The highest BCUT2D eigenvalue weighted by Crippen LogP contribution is 2.21. The summed E-state index contributed by atoms with van der Waals surface area (Å²) in [6.07, 6.45) is 1.95. The minimum absolute atomic E-state index is 0.593. The van der Waals surface area contributed by atoms with Gasteiger partial charge in [0.1, 0.15) is 0 Å². The molecule has 0 radical (unpaired) electrons. The van der Waals surface area contributed by atoms with E-state index in [1.165, 1.54) is 0 Å². The zero-order valence-electron chi connectivity index (χ0n) is 7.90. The summed E-state index contributed by atoms with van der Waals surface area (Å²) in [5.41, 5.74) is 1.76. The largest absolute Gasteiger partial charge is 0.479 e. The summed E-state index contributed by atoms with van der Waals surface area (Å²) in [4.78, 5) is 4.24. The third-order valence-corrected chi connectivity index (χ3v) is 1.90. The number of pyridine rings is 1. The van der Waals surface area contributed by atoms with Crippen LogP contribution in [0.5, 0.6) is 5.88 Å². The van der Waals surface area contributed by atoms with Crippen LogP contribution in [0.3, 0.4) is 0 Å². The quantitative estimate of drug-likeness (QED) is 0.658. The van der Waals surface area contributed by atoms with Crippen molar-refractivity contribution in [1.29, 1.82) is 0 Å². The molecule has 4 heteroatoms. The monoisotopic (exact) mass is 177 g/mol. The average Bonchev–Trinajstić information content (AvgIpc) is 2.43. The van der Waals surface area contributed by atoms with Crippen molar-refractivity contribution >= 4 is 10.9 Å². The lowest BCUT2D eigenvalue weighted by Gasteiger charge is -1.99. The number of nitrogens with zero attached hydrogens (tertiary/aromatic N) is 3. The number of aryl methyl sites for hydroxylation is 2. The molecule has 68 valence electrons. The van der Waals surface area contributed by atoms with Crippen molar-refractivity contribution in [2.45, 2.75) is 6.92 Å². The maximum atomic E-state index is 5.13. The van der Waals surface area contributed by atoms with Crippen LogP contribution in [0.15, 0.2) is 12.3 Å². The van der Waals surface area contributed by atoms with E-state index in [1.807, 2.05) is 26.2 Å². The number of fused-ring (bicyclic) bond motifs is 1. The van der Waals surface area contributed by atoms with Crippen LogP contribution in [0.25, 0.3) is 10.9 Å². The molecule has 2 aromatic rings. The Kier molecular flexibility index (Phi) is 1.69. The van der Waals surface area contributed by atoms with Crippen molar-refractivity contribution in [3.05, 3.63) is 18.0 Å². The molecule has 0 aliphatic heterocycles. The third kappa shape index (κ3) is 1.24. The van der Waals surface area contributed by atoms with Gasteiger partial charge >= 0.3 is 0 Å². The second kappa shape index (κ2) is 2.73. The van der Waals surface area contributed by atoms with Gasteiger partial charge in [-0.3, -0.25) is 4.68 Å². The SMILES string of the molecule is COc1nc(C)cc2cn(C)nc12. The standard InChI is InChI=1S/C9H11N3O/c1-6-4-7-5-12(2)11-8(7)9(10-6)13-3/h4-5H,1-3H3. The van der Waals surface area contributed by atoms with Crippen LogP contribution in [0.2, 0.25) is 0 Å². The van der Waals surface area contributed by atoms with Crippen molar-refractivity contribution in [3.63, 3.8) is 0 Å². The van der Waals surface area contributed by atoms with E-state index in [0.717, 1.165) is 16.6 Å². The molecule has 0 aromatic carbocycles. The first-order chi connectivity index (χ1) is 6.20.